The van der Waals surface area contributed by atoms with E-state index < -0.39 is 0 Å². The van der Waals surface area contributed by atoms with Gasteiger partial charge in [-0.25, -0.2) is 0 Å². The molecule has 0 saturated heterocycles. The first-order valence-electron chi connectivity index (χ1n) is 3.64. The van der Waals surface area contributed by atoms with Crippen molar-refractivity contribution in [1.29, 1.82) is 0 Å². The summed E-state index contributed by atoms with van der Waals surface area (Å²) in [4.78, 5) is 0. The van der Waals surface area contributed by atoms with Crippen LogP contribution in [-0.4, -0.2) is 12.2 Å². The molecular weight excluding hydrogens is 140 g/mol. The summed E-state index contributed by atoms with van der Waals surface area (Å²) in [5.41, 5.74) is 1.92. The average Bonchev–Trinajstić information content (AvgIpc) is 2.50. The fraction of sp³-hybridized carbons (Fsp3) is 0.333. The molecule has 0 fully saturated rings. The molecule has 0 heterocycles. The highest BCUT2D eigenvalue weighted by Gasteiger charge is 2.10. The van der Waals surface area contributed by atoms with Crippen molar-refractivity contribution >= 4 is 0 Å². The van der Waals surface area contributed by atoms with Gasteiger partial charge in [-0.15, -0.1) is 0 Å². The van der Waals surface area contributed by atoms with Gasteiger partial charge in [0, 0.05) is 0 Å². The maximum atomic E-state index is 9.22. The third-order valence-electron chi connectivity index (χ3n) is 1.71. The second-order valence-electron chi connectivity index (χ2n) is 2.33. The molecule has 0 saturated carbocycles. The Balaban J connectivity index is 2.90. The summed E-state index contributed by atoms with van der Waals surface area (Å²) in [7, 11) is 1.46. The first-order valence-corrected chi connectivity index (χ1v) is 3.64. The Morgan fingerprint density at radius 1 is 1.64 bits per heavy atom. The van der Waals surface area contributed by atoms with Crippen LogP contribution in [0.25, 0.3) is 0 Å². The second-order valence-corrected chi connectivity index (χ2v) is 2.33. The van der Waals surface area contributed by atoms with Gasteiger partial charge in [-0.2, -0.15) is 0 Å². The Hall–Kier alpha value is -1.18. The van der Waals surface area contributed by atoms with E-state index in [9.17, 15) is 5.11 Å². The zero-order chi connectivity index (χ0) is 8.27. The maximum absolute atomic E-state index is 9.22. The summed E-state index contributed by atoms with van der Waals surface area (Å²) in [5.74, 6) is 0.00634. The molecule has 0 aromatic heterocycles. The molecule has 0 aromatic rings. The standard InChI is InChI=1S/C9H12O2/c1-3-7-5-4-6-8(7)9(10)11-2/h4-6,10H,3H2,1-2H3/b9-8+. The lowest BCUT2D eigenvalue weighted by Gasteiger charge is -2.03. The van der Waals surface area contributed by atoms with Crippen LogP contribution in [0.1, 0.15) is 13.3 Å². The molecule has 0 aromatic carbocycles. The van der Waals surface area contributed by atoms with Crippen LogP contribution in [0.2, 0.25) is 0 Å². The summed E-state index contributed by atoms with van der Waals surface area (Å²) in [6.45, 7) is 2.04. The molecule has 0 spiro atoms. The smallest absolute Gasteiger partial charge is 0.284 e. The Kier molecular flexibility index (Phi) is 2.36. The number of rotatable bonds is 2. The molecule has 2 nitrogen and oxygen atoms in total. The summed E-state index contributed by atoms with van der Waals surface area (Å²) >= 11 is 0. The van der Waals surface area contributed by atoms with E-state index in [0.29, 0.717) is 0 Å². The first kappa shape index (κ1) is 7.92. The zero-order valence-electron chi connectivity index (χ0n) is 6.79. The number of allylic oxidation sites excluding steroid dienone is 5. The molecular formula is C9H12O2. The Morgan fingerprint density at radius 2 is 2.36 bits per heavy atom. The van der Waals surface area contributed by atoms with E-state index in [-0.39, 0.29) is 5.95 Å². The molecule has 0 atom stereocenters. The summed E-state index contributed by atoms with van der Waals surface area (Å²) < 4.78 is 4.71. The van der Waals surface area contributed by atoms with E-state index in [1.807, 2.05) is 25.2 Å². The number of hydrogen-bond acceptors (Lipinski definition) is 2. The number of ether oxygens (including phenoxy) is 1. The summed E-state index contributed by atoms with van der Waals surface area (Å²) in [5, 5.41) is 9.22. The van der Waals surface area contributed by atoms with Crippen molar-refractivity contribution in [1.82, 2.24) is 0 Å². The van der Waals surface area contributed by atoms with Crippen LogP contribution in [0.4, 0.5) is 0 Å². The monoisotopic (exact) mass is 152 g/mol. The van der Waals surface area contributed by atoms with Gasteiger partial charge in [0.2, 0.25) is 0 Å². The quantitative estimate of drug-likeness (QED) is 0.615. The lowest BCUT2D eigenvalue weighted by molar-refractivity contribution is 0.133. The van der Waals surface area contributed by atoms with E-state index in [1.54, 1.807) is 0 Å². The minimum absolute atomic E-state index is 0.00634. The van der Waals surface area contributed by atoms with Gasteiger partial charge in [0.25, 0.3) is 5.95 Å². The summed E-state index contributed by atoms with van der Waals surface area (Å²) in [6, 6.07) is 0. The van der Waals surface area contributed by atoms with Crippen LogP contribution in [0.3, 0.4) is 0 Å². The number of hydrogen-bond donors (Lipinski definition) is 1. The van der Waals surface area contributed by atoms with E-state index in [2.05, 4.69) is 0 Å². The van der Waals surface area contributed by atoms with Gasteiger partial charge in [-0.3, -0.25) is 0 Å². The predicted molar refractivity (Wildman–Crippen MR) is 44.2 cm³/mol. The van der Waals surface area contributed by atoms with Gasteiger partial charge in [0.15, 0.2) is 0 Å². The highest BCUT2D eigenvalue weighted by Crippen LogP contribution is 2.23. The van der Waals surface area contributed by atoms with Crippen LogP contribution < -0.4 is 0 Å². The molecule has 1 N–H and O–H groups in total. The molecule has 0 radical (unpaired) electrons. The molecule has 60 valence electrons. The van der Waals surface area contributed by atoms with Gasteiger partial charge in [0.1, 0.15) is 0 Å². The van der Waals surface area contributed by atoms with Crippen LogP contribution in [-0.2, 0) is 4.74 Å². The molecule has 0 unspecified atom stereocenters. The van der Waals surface area contributed by atoms with E-state index >= 15 is 0 Å². The number of aliphatic hydroxyl groups is 1. The normalized spacial score (nSPS) is 20.0. The molecule has 11 heavy (non-hydrogen) atoms. The Morgan fingerprint density at radius 3 is 2.91 bits per heavy atom. The third kappa shape index (κ3) is 1.45. The SMILES string of the molecule is CCC1=CC=C/C1=C(/O)OC. The minimum atomic E-state index is 0.00634. The van der Waals surface area contributed by atoms with Crippen LogP contribution in [0, 0.1) is 0 Å². The van der Waals surface area contributed by atoms with Crippen molar-refractivity contribution in [3.05, 3.63) is 35.3 Å². The van der Waals surface area contributed by atoms with Crippen molar-refractivity contribution < 1.29 is 9.84 Å². The molecule has 0 aliphatic heterocycles. The van der Waals surface area contributed by atoms with E-state index in [0.717, 1.165) is 17.6 Å². The fourth-order valence-electron chi connectivity index (χ4n) is 1.08. The Labute approximate surface area is 66.5 Å². The molecule has 1 aliphatic rings. The molecule has 2 heteroatoms. The lowest BCUT2D eigenvalue weighted by Crippen LogP contribution is -1.92. The molecule has 0 amide bonds. The predicted octanol–water partition coefficient (Wildman–Crippen LogP) is 2.31. The molecule has 0 bridgehead atoms. The topological polar surface area (TPSA) is 29.5 Å². The molecule has 1 aliphatic carbocycles. The highest BCUT2D eigenvalue weighted by atomic mass is 16.6. The van der Waals surface area contributed by atoms with Crippen LogP contribution in [0.15, 0.2) is 35.3 Å². The lowest BCUT2D eigenvalue weighted by atomic mass is 10.1. The van der Waals surface area contributed by atoms with Gasteiger partial charge < -0.3 is 9.84 Å². The largest absolute Gasteiger partial charge is 0.481 e. The van der Waals surface area contributed by atoms with Gasteiger partial charge >= 0.3 is 0 Å². The van der Waals surface area contributed by atoms with Gasteiger partial charge in [-0.05, 0) is 18.1 Å². The van der Waals surface area contributed by atoms with Crippen molar-refractivity contribution in [2.75, 3.05) is 7.11 Å². The summed E-state index contributed by atoms with van der Waals surface area (Å²) in [6.07, 6.45) is 6.64. The van der Waals surface area contributed by atoms with Crippen molar-refractivity contribution in [2.24, 2.45) is 0 Å². The Bertz CT molecular complexity index is 234. The second kappa shape index (κ2) is 3.28. The van der Waals surface area contributed by atoms with Crippen molar-refractivity contribution in [3.8, 4) is 0 Å². The maximum Gasteiger partial charge on any atom is 0.284 e. The zero-order valence-corrected chi connectivity index (χ0v) is 6.79. The minimum Gasteiger partial charge on any atom is -0.481 e. The average molecular weight is 152 g/mol. The first-order chi connectivity index (χ1) is 5.29. The number of methoxy groups -OCH3 is 1. The van der Waals surface area contributed by atoms with Gasteiger partial charge in [-0.1, -0.05) is 19.1 Å². The van der Waals surface area contributed by atoms with E-state index in [1.165, 1.54) is 7.11 Å². The highest BCUT2D eigenvalue weighted by molar-refractivity contribution is 5.48. The van der Waals surface area contributed by atoms with Crippen LogP contribution >= 0.6 is 0 Å². The fourth-order valence-corrected chi connectivity index (χ4v) is 1.08. The van der Waals surface area contributed by atoms with Crippen LogP contribution in [0.5, 0.6) is 0 Å². The van der Waals surface area contributed by atoms with Crippen molar-refractivity contribution in [2.45, 2.75) is 13.3 Å². The third-order valence-corrected chi connectivity index (χ3v) is 1.71. The number of aliphatic hydroxyl groups excluding tert-OH is 1. The van der Waals surface area contributed by atoms with Crippen molar-refractivity contribution in [3.63, 3.8) is 0 Å². The van der Waals surface area contributed by atoms with E-state index in [4.69, 9.17) is 4.74 Å². The van der Waals surface area contributed by atoms with Gasteiger partial charge in [0.05, 0.1) is 12.7 Å². The molecule has 1 rings (SSSR count).